The molecule has 10 heteroatoms. The highest BCUT2D eigenvalue weighted by Crippen LogP contribution is 2.30. The van der Waals surface area contributed by atoms with E-state index in [1.54, 1.807) is 30.2 Å². The molecule has 0 spiro atoms. The number of aromatic nitrogens is 5. The highest BCUT2D eigenvalue weighted by Gasteiger charge is 2.26. The molecule has 10 nitrogen and oxygen atoms in total. The van der Waals surface area contributed by atoms with Crippen LogP contribution in [0.3, 0.4) is 0 Å². The summed E-state index contributed by atoms with van der Waals surface area (Å²) in [4.78, 5) is 35.5. The number of nitrogens with zero attached hydrogens (tertiary/aromatic N) is 6. The minimum Gasteiger partial charge on any atom is -0.450 e. The normalized spacial score (nSPS) is 16.8. The second-order valence-electron chi connectivity index (χ2n) is 8.27. The molecule has 2 amide bonds. The molecule has 0 fully saturated rings. The van der Waals surface area contributed by atoms with Crippen molar-refractivity contribution in [1.29, 1.82) is 0 Å². The Morgan fingerprint density at radius 1 is 1.21 bits per heavy atom. The fourth-order valence-corrected chi connectivity index (χ4v) is 4.34. The SMILES string of the molecule is CCOC(=O)N1CCc2cnc(C(=O)Nc3cccc(-c4nnc5n4[C@H](C)CC5)n3)cc2C1. The lowest BCUT2D eigenvalue weighted by molar-refractivity contribution is 0.102. The van der Waals surface area contributed by atoms with Gasteiger partial charge in [-0.3, -0.25) is 9.78 Å². The Bertz CT molecular complexity index is 1220. The van der Waals surface area contributed by atoms with Gasteiger partial charge in [0.2, 0.25) is 0 Å². The number of hydrogen-bond acceptors (Lipinski definition) is 7. The van der Waals surface area contributed by atoms with Gasteiger partial charge in [-0.25, -0.2) is 9.78 Å². The van der Waals surface area contributed by atoms with Gasteiger partial charge in [-0.2, -0.15) is 0 Å². The zero-order valence-electron chi connectivity index (χ0n) is 18.6. The Morgan fingerprint density at radius 3 is 2.94 bits per heavy atom. The lowest BCUT2D eigenvalue weighted by Gasteiger charge is -2.28. The van der Waals surface area contributed by atoms with Crippen LogP contribution in [-0.2, 0) is 24.1 Å². The number of carbonyl (C=O) groups is 2. The molecule has 2 aliphatic rings. The van der Waals surface area contributed by atoms with Gasteiger partial charge in [0.15, 0.2) is 5.82 Å². The summed E-state index contributed by atoms with van der Waals surface area (Å²) >= 11 is 0. The summed E-state index contributed by atoms with van der Waals surface area (Å²) in [5, 5.41) is 11.4. The monoisotopic (exact) mass is 447 g/mol. The summed E-state index contributed by atoms with van der Waals surface area (Å²) in [6, 6.07) is 7.47. The molecule has 0 aliphatic carbocycles. The second kappa shape index (κ2) is 8.61. The van der Waals surface area contributed by atoms with Crippen LogP contribution in [-0.4, -0.2) is 54.8 Å². The Morgan fingerprint density at radius 2 is 2.09 bits per heavy atom. The van der Waals surface area contributed by atoms with Crippen LogP contribution in [0.25, 0.3) is 11.5 Å². The van der Waals surface area contributed by atoms with Crippen molar-refractivity contribution in [3.63, 3.8) is 0 Å². The van der Waals surface area contributed by atoms with Gasteiger partial charge in [0, 0.05) is 31.7 Å². The van der Waals surface area contributed by atoms with Gasteiger partial charge >= 0.3 is 6.09 Å². The van der Waals surface area contributed by atoms with E-state index in [0.717, 1.165) is 29.8 Å². The van der Waals surface area contributed by atoms with Crippen molar-refractivity contribution in [2.75, 3.05) is 18.5 Å². The Labute approximate surface area is 191 Å². The molecule has 3 aromatic heterocycles. The largest absolute Gasteiger partial charge is 0.450 e. The van der Waals surface area contributed by atoms with Crippen molar-refractivity contribution in [2.45, 2.75) is 45.7 Å². The molecule has 5 rings (SSSR count). The molecule has 1 atom stereocenters. The molecular formula is C23H25N7O3. The molecule has 0 aromatic carbocycles. The number of aryl methyl sites for hydroxylation is 1. The summed E-state index contributed by atoms with van der Waals surface area (Å²) in [5.74, 6) is 1.71. The molecule has 5 heterocycles. The van der Waals surface area contributed by atoms with E-state index in [4.69, 9.17) is 4.74 Å². The quantitative estimate of drug-likeness (QED) is 0.654. The number of carbonyl (C=O) groups excluding carboxylic acids is 2. The van der Waals surface area contributed by atoms with E-state index in [-0.39, 0.29) is 17.7 Å². The first-order valence-electron chi connectivity index (χ1n) is 11.2. The average molecular weight is 447 g/mol. The molecule has 1 N–H and O–H groups in total. The number of rotatable bonds is 4. The number of amides is 2. The van der Waals surface area contributed by atoms with Crippen LogP contribution in [0, 0.1) is 0 Å². The zero-order chi connectivity index (χ0) is 22.9. The maximum Gasteiger partial charge on any atom is 0.410 e. The number of fused-ring (bicyclic) bond motifs is 2. The van der Waals surface area contributed by atoms with Crippen molar-refractivity contribution in [1.82, 2.24) is 29.6 Å². The van der Waals surface area contributed by atoms with E-state index < -0.39 is 0 Å². The molecule has 0 bridgehead atoms. The highest BCUT2D eigenvalue weighted by atomic mass is 16.6. The smallest absolute Gasteiger partial charge is 0.410 e. The third-order valence-electron chi connectivity index (χ3n) is 6.07. The van der Waals surface area contributed by atoms with Crippen LogP contribution < -0.4 is 5.32 Å². The average Bonchev–Trinajstić information content (AvgIpc) is 3.41. The lowest BCUT2D eigenvalue weighted by Crippen LogP contribution is -2.36. The second-order valence-corrected chi connectivity index (χ2v) is 8.27. The predicted molar refractivity (Wildman–Crippen MR) is 120 cm³/mol. The van der Waals surface area contributed by atoms with Crippen LogP contribution in [0.15, 0.2) is 30.5 Å². The minimum absolute atomic E-state index is 0.267. The summed E-state index contributed by atoms with van der Waals surface area (Å²) in [7, 11) is 0. The van der Waals surface area contributed by atoms with Gasteiger partial charge in [0.05, 0.1) is 6.61 Å². The van der Waals surface area contributed by atoms with Crippen LogP contribution >= 0.6 is 0 Å². The first kappa shape index (κ1) is 21.0. The first-order valence-corrected chi connectivity index (χ1v) is 11.2. The Balaban J connectivity index is 1.33. The predicted octanol–water partition coefficient (Wildman–Crippen LogP) is 3.01. The van der Waals surface area contributed by atoms with Crippen LogP contribution in [0.2, 0.25) is 0 Å². The minimum atomic E-state index is -0.365. The number of anilines is 1. The summed E-state index contributed by atoms with van der Waals surface area (Å²) in [6.07, 6.45) is 3.97. The van der Waals surface area contributed by atoms with Crippen molar-refractivity contribution < 1.29 is 14.3 Å². The van der Waals surface area contributed by atoms with Gasteiger partial charge in [-0.05, 0) is 56.0 Å². The van der Waals surface area contributed by atoms with Crippen molar-refractivity contribution >= 4 is 17.8 Å². The summed E-state index contributed by atoms with van der Waals surface area (Å²) in [6.45, 7) is 5.21. The van der Waals surface area contributed by atoms with Gasteiger partial charge < -0.3 is 19.5 Å². The van der Waals surface area contributed by atoms with Gasteiger partial charge in [0.25, 0.3) is 5.91 Å². The number of ether oxygens (including phenoxy) is 1. The van der Waals surface area contributed by atoms with Crippen molar-refractivity contribution in [3.8, 4) is 11.5 Å². The number of pyridine rings is 2. The van der Waals surface area contributed by atoms with E-state index in [0.29, 0.717) is 49.5 Å². The van der Waals surface area contributed by atoms with E-state index >= 15 is 0 Å². The Kier molecular flexibility index (Phi) is 5.49. The fraction of sp³-hybridized carbons (Fsp3) is 0.391. The van der Waals surface area contributed by atoms with Crippen LogP contribution in [0.5, 0.6) is 0 Å². The molecule has 3 aromatic rings. The van der Waals surface area contributed by atoms with Crippen LogP contribution in [0.1, 0.15) is 53.7 Å². The molecular weight excluding hydrogens is 422 g/mol. The third-order valence-corrected chi connectivity index (χ3v) is 6.07. The summed E-state index contributed by atoms with van der Waals surface area (Å²) in [5.41, 5.74) is 2.85. The van der Waals surface area contributed by atoms with E-state index in [2.05, 4.69) is 37.0 Å². The zero-order valence-corrected chi connectivity index (χ0v) is 18.6. The van der Waals surface area contributed by atoms with Crippen LogP contribution in [0.4, 0.5) is 10.6 Å². The van der Waals surface area contributed by atoms with Gasteiger partial charge in [-0.1, -0.05) is 6.07 Å². The van der Waals surface area contributed by atoms with Gasteiger partial charge in [0.1, 0.15) is 23.0 Å². The fourth-order valence-electron chi connectivity index (χ4n) is 4.34. The van der Waals surface area contributed by atoms with Gasteiger partial charge in [-0.15, -0.1) is 10.2 Å². The van der Waals surface area contributed by atoms with Crippen molar-refractivity contribution in [3.05, 3.63) is 53.1 Å². The molecule has 0 unspecified atom stereocenters. The topological polar surface area (TPSA) is 115 Å². The van der Waals surface area contributed by atoms with E-state index in [9.17, 15) is 9.59 Å². The van der Waals surface area contributed by atoms with E-state index in [1.165, 1.54) is 0 Å². The number of hydrogen-bond donors (Lipinski definition) is 1. The molecule has 0 saturated heterocycles. The molecule has 170 valence electrons. The lowest BCUT2D eigenvalue weighted by atomic mass is 10.0. The standard InChI is InChI=1S/C23H25N7O3/c1-3-33-23(32)29-10-9-15-12-24-18(11-16(15)13-29)22(31)26-19-6-4-5-17(25-19)21-28-27-20-8-7-14(2)30(20)21/h4-6,11-12,14H,3,7-10,13H2,1-2H3,(H,25,26,31)/t14-/m1/s1. The third kappa shape index (κ3) is 4.04. The molecule has 0 saturated carbocycles. The maximum atomic E-state index is 12.9. The Hall–Kier alpha value is -3.82. The molecule has 0 radical (unpaired) electrons. The summed E-state index contributed by atoms with van der Waals surface area (Å²) < 4.78 is 7.21. The molecule has 2 aliphatic heterocycles. The highest BCUT2D eigenvalue weighted by molar-refractivity contribution is 6.02. The molecule has 33 heavy (non-hydrogen) atoms. The van der Waals surface area contributed by atoms with Crippen molar-refractivity contribution in [2.24, 2.45) is 0 Å². The van der Waals surface area contributed by atoms with E-state index in [1.807, 2.05) is 12.1 Å². The maximum absolute atomic E-state index is 12.9. The number of nitrogens with one attached hydrogen (secondary N) is 1. The first-order chi connectivity index (χ1) is 16.0.